The molecule has 0 amide bonds. The highest BCUT2D eigenvalue weighted by molar-refractivity contribution is 7.21. The second-order valence-corrected chi connectivity index (χ2v) is 11.5. The van der Waals surface area contributed by atoms with Crippen molar-refractivity contribution < 1.29 is 9.84 Å². The van der Waals surface area contributed by atoms with Gasteiger partial charge in [0.25, 0.3) is 0 Å². The molecule has 0 aliphatic carbocycles. The largest absolute Gasteiger partial charge is 0.395 e. The molecule has 0 spiro atoms. The zero-order valence-corrected chi connectivity index (χ0v) is 23.9. The Morgan fingerprint density at radius 2 is 1.77 bits per heavy atom. The molecule has 2 saturated heterocycles. The zero-order chi connectivity index (χ0) is 27.6. The summed E-state index contributed by atoms with van der Waals surface area (Å²) in [6.07, 6.45) is 4.06. The SMILES string of the molecule is Cc1cc(Nc2cc3nc(-c4ccnc(N5CC(C)OC(C)C5)c4)sc3cn2)nc(N2CCN(CCO)CC2)n1. The van der Waals surface area contributed by atoms with E-state index in [0.29, 0.717) is 24.1 Å². The molecule has 2 atom stereocenters. The summed E-state index contributed by atoms with van der Waals surface area (Å²) < 4.78 is 6.91. The molecule has 0 saturated carbocycles. The number of nitrogens with one attached hydrogen (secondary N) is 1. The van der Waals surface area contributed by atoms with Crippen LogP contribution in [0.1, 0.15) is 19.5 Å². The van der Waals surface area contributed by atoms with E-state index in [4.69, 9.17) is 14.7 Å². The van der Waals surface area contributed by atoms with E-state index in [9.17, 15) is 5.11 Å². The number of aliphatic hydroxyl groups is 1. The van der Waals surface area contributed by atoms with Gasteiger partial charge in [0.05, 0.1) is 29.0 Å². The lowest BCUT2D eigenvalue weighted by atomic mass is 10.2. The third kappa shape index (κ3) is 5.99. The predicted molar refractivity (Wildman–Crippen MR) is 159 cm³/mol. The smallest absolute Gasteiger partial charge is 0.227 e. The van der Waals surface area contributed by atoms with Crippen LogP contribution in [-0.4, -0.2) is 99.6 Å². The minimum Gasteiger partial charge on any atom is -0.395 e. The van der Waals surface area contributed by atoms with Crippen molar-refractivity contribution in [1.29, 1.82) is 0 Å². The molecule has 2 unspecified atom stereocenters. The Hall–Kier alpha value is -3.45. The van der Waals surface area contributed by atoms with Gasteiger partial charge < -0.3 is 25.0 Å². The van der Waals surface area contributed by atoms with Crippen LogP contribution in [0.25, 0.3) is 20.8 Å². The third-order valence-corrected chi connectivity index (χ3v) is 8.24. The summed E-state index contributed by atoms with van der Waals surface area (Å²) in [5, 5.41) is 13.5. The molecule has 2 aliphatic rings. The van der Waals surface area contributed by atoms with Gasteiger partial charge in [0.2, 0.25) is 5.95 Å². The lowest BCUT2D eigenvalue weighted by Gasteiger charge is -2.36. The molecule has 2 N–H and O–H groups in total. The highest BCUT2D eigenvalue weighted by atomic mass is 32.1. The summed E-state index contributed by atoms with van der Waals surface area (Å²) in [7, 11) is 0. The number of morpholine rings is 1. The molecule has 2 aliphatic heterocycles. The van der Waals surface area contributed by atoms with Crippen molar-refractivity contribution in [2.75, 3.05) is 67.5 Å². The molecule has 2 fully saturated rings. The van der Waals surface area contributed by atoms with Crippen LogP contribution in [-0.2, 0) is 4.74 Å². The minimum atomic E-state index is 0.172. The van der Waals surface area contributed by atoms with Gasteiger partial charge in [-0.15, -0.1) is 11.3 Å². The fraction of sp³-hybridized carbons (Fsp3) is 0.464. The summed E-state index contributed by atoms with van der Waals surface area (Å²) in [5.41, 5.74) is 2.82. The summed E-state index contributed by atoms with van der Waals surface area (Å²) in [6, 6.07) is 8.02. The molecule has 0 bridgehead atoms. The summed E-state index contributed by atoms with van der Waals surface area (Å²) in [5.74, 6) is 3.05. The first-order valence-electron chi connectivity index (χ1n) is 13.8. The van der Waals surface area contributed by atoms with Gasteiger partial charge in [0, 0.05) is 81.6 Å². The first kappa shape index (κ1) is 26.8. The van der Waals surface area contributed by atoms with Crippen LogP contribution in [0.2, 0.25) is 0 Å². The average Bonchev–Trinajstić information content (AvgIpc) is 3.37. The van der Waals surface area contributed by atoms with E-state index < -0.39 is 0 Å². The molecule has 40 heavy (non-hydrogen) atoms. The first-order chi connectivity index (χ1) is 19.4. The number of pyridine rings is 2. The number of rotatable bonds is 7. The molecule has 6 heterocycles. The van der Waals surface area contributed by atoms with Crippen LogP contribution in [0.5, 0.6) is 0 Å². The second-order valence-electron chi connectivity index (χ2n) is 10.5. The maximum atomic E-state index is 9.21. The number of nitrogens with zero attached hydrogens (tertiary/aromatic N) is 8. The van der Waals surface area contributed by atoms with Gasteiger partial charge in [-0.25, -0.2) is 19.9 Å². The van der Waals surface area contributed by atoms with Gasteiger partial charge in [0.1, 0.15) is 22.5 Å². The Labute approximate surface area is 237 Å². The van der Waals surface area contributed by atoms with Crippen molar-refractivity contribution in [3.05, 3.63) is 42.4 Å². The number of aliphatic hydroxyl groups excluding tert-OH is 1. The van der Waals surface area contributed by atoms with Crippen LogP contribution in [0.3, 0.4) is 0 Å². The van der Waals surface area contributed by atoms with E-state index in [1.165, 1.54) is 0 Å². The molecule has 4 aromatic heterocycles. The molecule has 6 rings (SSSR count). The molecule has 0 aromatic carbocycles. The first-order valence-corrected chi connectivity index (χ1v) is 14.6. The van der Waals surface area contributed by atoms with E-state index >= 15 is 0 Å². The molecular formula is C28H35N9O2S. The standard InChI is InChI=1S/C28H35N9O2S/c1-18-12-25(34-28(31-18)36-8-6-35(7-9-36)10-11-38)33-24-14-22-23(15-30-24)40-27(32-22)21-4-5-29-26(13-21)37-16-19(2)39-20(3)17-37/h4-5,12-15,19-20,38H,6-11,16-17H2,1-3H3,(H,30,31,33,34). The highest BCUT2D eigenvalue weighted by Gasteiger charge is 2.24. The lowest BCUT2D eigenvalue weighted by Crippen LogP contribution is -2.47. The third-order valence-electron chi connectivity index (χ3n) is 7.18. The number of thiazole rings is 1. The quantitative estimate of drug-likeness (QED) is 0.346. The van der Waals surface area contributed by atoms with E-state index in [2.05, 4.69) is 54.9 Å². The minimum absolute atomic E-state index is 0.172. The Bertz CT molecular complexity index is 1460. The van der Waals surface area contributed by atoms with Crippen LogP contribution in [0.4, 0.5) is 23.4 Å². The highest BCUT2D eigenvalue weighted by Crippen LogP contribution is 2.33. The number of fused-ring (bicyclic) bond motifs is 1. The number of aromatic nitrogens is 5. The average molecular weight is 562 g/mol. The lowest BCUT2D eigenvalue weighted by molar-refractivity contribution is -0.00545. The second kappa shape index (κ2) is 11.6. The Morgan fingerprint density at radius 1 is 0.975 bits per heavy atom. The van der Waals surface area contributed by atoms with Crippen molar-refractivity contribution in [3.63, 3.8) is 0 Å². The number of ether oxygens (including phenoxy) is 1. The van der Waals surface area contributed by atoms with Crippen LogP contribution < -0.4 is 15.1 Å². The number of piperazine rings is 1. The Kier molecular flexibility index (Phi) is 7.74. The van der Waals surface area contributed by atoms with Gasteiger partial charge in [-0.3, -0.25) is 4.90 Å². The molecule has 4 aromatic rings. The Balaban J connectivity index is 1.19. The number of hydrogen-bond acceptors (Lipinski definition) is 12. The molecule has 12 heteroatoms. The zero-order valence-electron chi connectivity index (χ0n) is 23.1. The predicted octanol–water partition coefficient (Wildman–Crippen LogP) is 3.32. The molecular weight excluding hydrogens is 526 g/mol. The summed E-state index contributed by atoms with van der Waals surface area (Å²) in [4.78, 5) is 30.4. The monoisotopic (exact) mass is 561 g/mol. The Morgan fingerprint density at radius 3 is 2.55 bits per heavy atom. The van der Waals surface area contributed by atoms with Crippen molar-refractivity contribution >= 4 is 45.0 Å². The topological polar surface area (TPSA) is 116 Å². The van der Waals surface area contributed by atoms with E-state index in [1.54, 1.807) is 11.3 Å². The summed E-state index contributed by atoms with van der Waals surface area (Å²) in [6.45, 7) is 12.1. The number of β-amino-alcohol motifs (C(OH)–C–C–N with tert-alkyl or cyclic N) is 1. The van der Waals surface area contributed by atoms with Crippen molar-refractivity contribution in [1.82, 2.24) is 29.8 Å². The van der Waals surface area contributed by atoms with Crippen LogP contribution >= 0.6 is 11.3 Å². The van der Waals surface area contributed by atoms with Crippen molar-refractivity contribution in [2.24, 2.45) is 0 Å². The number of aryl methyl sites for hydroxylation is 1. The normalized spacial score (nSPS) is 20.3. The maximum absolute atomic E-state index is 9.21. The summed E-state index contributed by atoms with van der Waals surface area (Å²) >= 11 is 1.62. The van der Waals surface area contributed by atoms with Crippen LogP contribution in [0, 0.1) is 6.92 Å². The van der Waals surface area contributed by atoms with Gasteiger partial charge in [-0.1, -0.05) is 0 Å². The van der Waals surface area contributed by atoms with Crippen molar-refractivity contribution in [3.8, 4) is 10.6 Å². The van der Waals surface area contributed by atoms with Gasteiger partial charge >= 0.3 is 0 Å². The van der Waals surface area contributed by atoms with Crippen LogP contribution in [0.15, 0.2) is 36.7 Å². The van der Waals surface area contributed by atoms with Gasteiger partial charge in [-0.2, -0.15) is 4.98 Å². The van der Waals surface area contributed by atoms with E-state index in [-0.39, 0.29) is 18.8 Å². The molecule has 210 valence electrons. The van der Waals surface area contributed by atoms with Crippen molar-refractivity contribution in [2.45, 2.75) is 33.0 Å². The maximum Gasteiger partial charge on any atom is 0.227 e. The molecule has 0 radical (unpaired) electrons. The fourth-order valence-electron chi connectivity index (χ4n) is 5.32. The van der Waals surface area contributed by atoms with E-state index in [1.807, 2.05) is 37.5 Å². The number of hydrogen-bond donors (Lipinski definition) is 2. The van der Waals surface area contributed by atoms with Gasteiger partial charge in [-0.05, 0) is 32.9 Å². The van der Waals surface area contributed by atoms with Gasteiger partial charge in [0.15, 0.2) is 0 Å². The fourth-order valence-corrected chi connectivity index (χ4v) is 6.23. The number of anilines is 4. The molecule has 11 nitrogen and oxygen atoms in total. The van der Waals surface area contributed by atoms with E-state index in [0.717, 1.165) is 71.6 Å².